The second-order valence-corrected chi connectivity index (χ2v) is 9.30. The first kappa shape index (κ1) is 26.0. The number of amides is 1. The van der Waals surface area contributed by atoms with Gasteiger partial charge in [0.1, 0.15) is 6.61 Å². The van der Waals surface area contributed by atoms with Crippen molar-refractivity contribution in [2.75, 3.05) is 25.9 Å². The Labute approximate surface area is 205 Å². The Morgan fingerprint density at radius 3 is 1.74 bits per heavy atom. The van der Waals surface area contributed by atoms with Crippen LogP contribution in [0.5, 0.6) is 23.0 Å². The fourth-order valence-corrected chi connectivity index (χ4v) is 4.59. The van der Waals surface area contributed by atoms with E-state index in [1.807, 2.05) is 44.2 Å². The van der Waals surface area contributed by atoms with Gasteiger partial charge in [0.05, 0.1) is 19.4 Å². The van der Waals surface area contributed by atoms with E-state index in [1.54, 1.807) is 48.5 Å². The number of para-hydroxylation sites is 4. The van der Waals surface area contributed by atoms with Crippen molar-refractivity contribution in [2.45, 2.75) is 20.5 Å². The van der Waals surface area contributed by atoms with Gasteiger partial charge in [-0.1, -0.05) is 54.6 Å². The van der Waals surface area contributed by atoms with Gasteiger partial charge in [-0.15, -0.1) is 0 Å². The van der Waals surface area contributed by atoms with Crippen LogP contribution in [0.1, 0.15) is 19.4 Å². The molecule has 0 aliphatic rings. The number of hydrogen-bond donors (Lipinski definition) is 1. The van der Waals surface area contributed by atoms with Crippen LogP contribution in [0.2, 0.25) is 0 Å². The van der Waals surface area contributed by atoms with Crippen molar-refractivity contribution in [1.82, 2.24) is 5.32 Å². The van der Waals surface area contributed by atoms with Gasteiger partial charge in [0.25, 0.3) is 0 Å². The number of hydrogen-bond acceptors (Lipinski definition) is 7. The van der Waals surface area contributed by atoms with E-state index >= 15 is 0 Å². The molecule has 0 aliphatic heterocycles. The average Bonchev–Trinajstić information content (AvgIpc) is 2.86. The molecule has 0 bridgehead atoms. The normalized spacial score (nSPS) is 10.8. The number of benzene rings is 3. The molecule has 1 N–H and O–H groups in total. The molecule has 0 unspecified atom stereocenters. The van der Waals surface area contributed by atoms with Gasteiger partial charge in [-0.2, -0.15) is 0 Å². The summed E-state index contributed by atoms with van der Waals surface area (Å²) < 4.78 is 42.1. The van der Waals surface area contributed by atoms with Gasteiger partial charge < -0.3 is 28.6 Å². The molecule has 3 aromatic rings. The SMILES string of the molecule is CCOc1ccccc1OP(=O)(CCNC(=O)OCc1ccccc1)Oc1ccccc1OCC. The van der Waals surface area contributed by atoms with E-state index in [2.05, 4.69) is 5.32 Å². The molecule has 3 aromatic carbocycles. The Bertz CT molecular complexity index is 1070. The number of alkyl carbamates (subject to hydrolysis) is 1. The fourth-order valence-electron chi connectivity index (χ4n) is 3.08. The Kier molecular flexibility index (Phi) is 9.87. The van der Waals surface area contributed by atoms with E-state index in [0.29, 0.717) is 24.7 Å². The van der Waals surface area contributed by atoms with Gasteiger partial charge in [0.15, 0.2) is 23.0 Å². The highest BCUT2D eigenvalue weighted by atomic mass is 31.2. The minimum atomic E-state index is -3.83. The van der Waals surface area contributed by atoms with Crippen molar-refractivity contribution < 1.29 is 32.6 Å². The summed E-state index contributed by atoms with van der Waals surface area (Å²) in [5.74, 6) is 1.43. The van der Waals surface area contributed by atoms with Crippen LogP contribution in [0.3, 0.4) is 0 Å². The quantitative estimate of drug-likeness (QED) is 0.286. The monoisotopic (exact) mass is 499 g/mol. The first-order chi connectivity index (χ1) is 17.0. The zero-order valence-corrected chi connectivity index (χ0v) is 20.7. The average molecular weight is 500 g/mol. The molecule has 3 rings (SSSR count). The molecule has 35 heavy (non-hydrogen) atoms. The Balaban J connectivity index is 1.71. The first-order valence-corrected chi connectivity index (χ1v) is 13.1. The number of carbonyl (C=O) groups is 1. The van der Waals surface area contributed by atoms with E-state index in [1.165, 1.54) is 0 Å². The zero-order valence-electron chi connectivity index (χ0n) is 19.8. The largest absolute Gasteiger partial charge is 0.490 e. The smallest absolute Gasteiger partial charge is 0.432 e. The number of carbonyl (C=O) groups excluding carboxylic acids is 1. The van der Waals surface area contributed by atoms with Crippen molar-refractivity contribution in [3.05, 3.63) is 84.4 Å². The topological polar surface area (TPSA) is 92.3 Å². The third kappa shape index (κ3) is 8.26. The van der Waals surface area contributed by atoms with Gasteiger partial charge in [-0.3, -0.25) is 0 Å². The van der Waals surface area contributed by atoms with Crippen LogP contribution in [0.4, 0.5) is 4.79 Å². The van der Waals surface area contributed by atoms with Crippen LogP contribution in [0.15, 0.2) is 78.9 Å². The third-order valence-corrected chi connectivity index (χ3v) is 6.36. The summed E-state index contributed by atoms with van der Waals surface area (Å²) in [6, 6.07) is 23.1. The van der Waals surface area contributed by atoms with Crippen molar-refractivity contribution in [3.8, 4) is 23.0 Å². The van der Waals surface area contributed by atoms with Crippen LogP contribution in [0.25, 0.3) is 0 Å². The molecule has 0 fully saturated rings. The van der Waals surface area contributed by atoms with Crippen molar-refractivity contribution in [1.29, 1.82) is 0 Å². The molecule has 0 heterocycles. The lowest BCUT2D eigenvalue weighted by atomic mass is 10.2. The number of ether oxygens (including phenoxy) is 3. The molecule has 8 nitrogen and oxygen atoms in total. The van der Waals surface area contributed by atoms with E-state index in [0.717, 1.165) is 5.56 Å². The molecule has 0 spiro atoms. The summed E-state index contributed by atoms with van der Waals surface area (Å²) in [5.41, 5.74) is 0.861. The lowest BCUT2D eigenvalue weighted by Gasteiger charge is -2.22. The predicted molar refractivity (Wildman–Crippen MR) is 134 cm³/mol. The van der Waals surface area contributed by atoms with Crippen LogP contribution in [-0.4, -0.2) is 32.0 Å². The van der Waals surface area contributed by atoms with Crippen LogP contribution in [-0.2, 0) is 15.9 Å². The maximum atomic E-state index is 13.9. The third-order valence-electron chi connectivity index (χ3n) is 4.64. The lowest BCUT2D eigenvalue weighted by molar-refractivity contribution is 0.140. The van der Waals surface area contributed by atoms with E-state index in [4.69, 9.17) is 23.3 Å². The van der Waals surface area contributed by atoms with Gasteiger partial charge in [0.2, 0.25) is 0 Å². The Hall–Kier alpha value is -3.64. The van der Waals surface area contributed by atoms with Crippen LogP contribution < -0.4 is 23.8 Å². The molecule has 0 aromatic heterocycles. The molecule has 0 saturated heterocycles. The first-order valence-electron chi connectivity index (χ1n) is 11.4. The molecule has 0 saturated carbocycles. The lowest BCUT2D eigenvalue weighted by Crippen LogP contribution is -2.28. The molecule has 186 valence electrons. The highest BCUT2D eigenvalue weighted by Crippen LogP contribution is 2.51. The molecule has 0 aliphatic carbocycles. The second kappa shape index (κ2) is 13.3. The zero-order chi connectivity index (χ0) is 24.9. The Morgan fingerprint density at radius 2 is 1.23 bits per heavy atom. The van der Waals surface area contributed by atoms with Gasteiger partial charge in [-0.05, 0) is 43.7 Å². The molecular weight excluding hydrogens is 469 g/mol. The summed E-state index contributed by atoms with van der Waals surface area (Å²) >= 11 is 0. The highest BCUT2D eigenvalue weighted by molar-refractivity contribution is 7.54. The molecular formula is C26H30NO7P. The van der Waals surface area contributed by atoms with Gasteiger partial charge >= 0.3 is 13.7 Å². The molecule has 0 radical (unpaired) electrons. The van der Waals surface area contributed by atoms with E-state index in [9.17, 15) is 9.36 Å². The summed E-state index contributed by atoms with van der Waals surface area (Å²) in [4.78, 5) is 12.2. The predicted octanol–water partition coefficient (Wildman–Crippen LogP) is 6.06. The summed E-state index contributed by atoms with van der Waals surface area (Å²) in [5, 5.41) is 2.60. The van der Waals surface area contributed by atoms with Crippen molar-refractivity contribution in [3.63, 3.8) is 0 Å². The van der Waals surface area contributed by atoms with Gasteiger partial charge in [-0.25, -0.2) is 9.36 Å². The van der Waals surface area contributed by atoms with E-state index in [-0.39, 0.29) is 30.8 Å². The highest BCUT2D eigenvalue weighted by Gasteiger charge is 2.31. The summed E-state index contributed by atoms with van der Waals surface area (Å²) in [6.45, 7) is 4.63. The maximum absolute atomic E-state index is 13.9. The van der Waals surface area contributed by atoms with Crippen LogP contribution in [0, 0.1) is 0 Å². The maximum Gasteiger partial charge on any atom is 0.432 e. The summed E-state index contributed by atoms with van der Waals surface area (Å²) in [6.07, 6.45) is -0.751. The Morgan fingerprint density at radius 1 is 0.743 bits per heavy atom. The second-order valence-electron chi connectivity index (χ2n) is 7.27. The minimum Gasteiger partial charge on any atom is -0.490 e. The minimum absolute atomic E-state index is 0.00148. The molecule has 9 heteroatoms. The number of nitrogens with one attached hydrogen (secondary N) is 1. The molecule has 0 atom stereocenters. The fraction of sp³-hybridized carbons (Fsp3) is 0.269. The van der Waals surface area contributed by atoms with Gasteiger partial charge in [0, 0.05) is 6.54 Å². The summed E-state index contributed by atoms with van der Waals surface area (Å²) in [7, 11) is -3.83. The van der Waals surface area contributed by atoms with Crippen molar-refractivity contribution in [2.24, 2.45) is 0 Å². The van der Waals surface area contributed by atoms with Crippen molar-refractivity contribution >= 4 is 13.7 Å². The van der Waals surface area contributed by atoms with E-state index < -0.39 is 13.7 Å². The van der Waals surface area contributed by atoms with Crippen LogP contribution >= 0.6 is 7.60 Å². The standard InChI is InChI=1S/C26H30NO7P/c1-3-30-22-14-8-10-16-24(22)33-35(29,34-25-17-11-9-15-23(25)31-4-2)19-18-27-26(28)32-20-21-12-6-5-7-13-21/h5-17H,3-4,18-20H2,1-2H3,(H,27,28). The number of rotatable bonds is 13. The molecule has 1 amide bonds.